The number of benzene rings is 2. The summed E-state index contributed by atoms with van der Waals surface area (Å²) in [6.07, 6.45) is 1.03. The largest absolute Gasteiger partial charge is 0.323 e. The van der Waals surface area contributed by atoms with Crippen LogP contribution in [0, 0.1) is 0 Å². The van der Waals surface area contributed by atoms with E-state index in [1.54, 1.807) is 12.1 Å². The van der Waals surface area contributed by atoms with Gasteiger partial charge in [-0.1, -0.05) is 66.0 Å². The van der Waals surface area contributed by atoms with Crippen LogP contribution in [0.5, 0.6) is 0 Å². The molecule has 0 heterocycles. The molecule has 0 saturated carbocycles. The quantitative estimate of drug-likeness (QED) is 0.653. The van der Waals surface area contributed by atoms with E-state index in [0.717, 1.165) is 24.1 Å². The number of likely N-dealkylation sites (N-methyl/N-ethyl adjacent to an activating group) is 1. The van der Waals surface area contributed by atoms with E-state index in [-0.39, 0.29) is 6.04 Å². The molecule has 0 aliphatic heterocycles. The van der Waals surface area contributed by atoms with E-state index in [0.29, 0.717) is 26.1 Å². The number of hydrogen-bond acceptors (Lipinski definition) is 1. The Bertz CT molecular complexity index is 673. The van der Waals surface area contributed by atoms with Gasteiger partial charge in [0.05, 0.1) is 36.7 Å². The van der Waals surface area contributed by atoms with Crippen LogP contribution in [-0.4, -0.2) is 25.1 Å². The van der Waals surface area contributed by atoms with Gasteiger partial charge in [0.1, 0.15) is 6.54 Å². The van der Waals surface area contributed by atoms with Crippen molar-refractivity contribution in [3.63, 3.8) is 0 Å². The van der Waals surface area contributed by atoms with E-state index in [4.69, 9.17) is 40.5 Å². The highest BCUT2D eigenvalue weighted by Crippen LogP contribution is 2.31. The van der Waals surface area contributed by atoms with Crippen molar-refractivity contribution >= 4 is 34.8 Å². The van der Waals surface area contributed by atoms with Crippen LogP contribution < -0.4 is 5.73 Å². The third kappa shape index (κ3) is 5.11. The van der Waals surface area contributed by atoms with E-state index >= 15 is 0 Å². The summed E-state index contributed by atoms with van der Waals surface area (Å²) in [5.74, 6) is 0. The normalized spacial score (nSPS) is 13.1. The molecular formula is C19H24Cl3N2+. The zero-order chi connectivity index (χ0) is 17.9. The Morgan fingerprint density at radius 2 is 1.54 bits per heavy atom. The molecule has 2 rings (SSSR count). The number of aryl methyl sites for hydroxylation is 1. The van der Waals surface area contributed by atoms with Gasteiger partial charge in [0.25, 0.3) is 0 Å². The van der Waals surface area contributed by atoms with Gasteiger partial charge in [0.15, 0.2) is 0 Å². The summed E-state index contributed by atoms with van der Waals surface area (Å²) >= 11 is 18.6. The maximum atomic E-state index is 6.42. The fraction of sp³-hybridized carbons (Fsp3) is 0.368. The first kappa shape index (κ1) is 19.6. The van der Waals surface area contributed by atoms with Crippen LogP contribution in [0.25, 0.3) is 0 Å². The molecule has 1 unspecified atom stereocenters. The lowest BCUT2D eigenvalue weighted by Crippen LogP contribution is -2.44. The maximum Gasteiger partial charge on any atom is 0.107 e. The molecule has 2 N–H and O–H groups in total. The Hall–Kier alpha value is -0.770. The standard InChI is InChI=1S/C19H24Cl3N2/c1-4-13-5-7-14(8-6-13)19(23)12-24(2,3)11-16-17(21)9-15(20)10-18(16)22/h5-10,19H,4,11-12,23H2,1-3H3/q+1. The fourth-order valence-electron chi connectivity index (χ4n) is 2.85. The molecule has 0 aliphatic carbocycles. The van der Waals surface area contributed by atoms with Crippen LogP contribution in [0.15, 0.2) is 36.4 Å². The molecular weight excluding hydrogens is 363 g/mol. The number of rotatable bonds is 6. The van der Waals surface area contributed by atoms with Crippen molar-refractivity contribution in [2.75, 3.05) is 20.6 Å². The van der Waals surface area contributed by atoms with Gasteiger partial charge >= 0.3 is 0 Å². The highest BCUT2D eigenvalue weighted by molar-refractivity contribution is 6.39. The van der Waals surface area contributed by atoms with Gasteiger partial charge in [0, 0.05) is 10.6 Å². The summed E-state index contributed by atoms with van der Waals surface area (Å²) in [5.41, 5.74) is 9.79. The number of quaternary nitrogens is 1. The van der Waals surface area contributed by atoms with E-state index in [1.807, 2.05) is 0 Å². The summed E-state index contributed by atoms with van der Waals surface area (Å²) in [5, 5.41) is 1.74. The molecule has 0 spiro atoms. The Kier molecular flexibility index (Phi) is 6.58. The van der Waals surface area contributed by atoms with Gasteiger partial charge in [-0.25, -0.2) is 0 Å². The smallest absolute Gasteiger partial charge is 0.107 e. The van der Waals surface area contributed by atoms with Crippen LogP contribution in [0.4, 0.5) is 0 Å². The predicted molar refractivity (Wildman–Crippen MR) is 105 cm³/mol. The monoisotopic (exact) mass is 385 g/mol. The average molecular weight is 387 g/mol. The second-order valence-electron chi connectivity index (χ2n) is 6.83. The molecule has 0 bridgehead atoms. The van der Waals surface area contributed by atoms with Crippen LogP contribution in [0.3, 0.4) is 0 Å². The molecule has 2 aromatic rings. The fourth-order valence-corrected chi connectivity index (χ4v) is 3.79. The van der Waals surface area contributed by atoms with E-state index in [2.05, 4.69) is 45.3 Å². The molecule has 2 aromatic carbocycles. The van der Waals surface area contributed by atoms with Crippen molar-refractivity contribution in [2.24, 2.45) is 5.73 Å². The molecule has 0 radical (unpaired) electrons. The molecule has 5 heteroatoms. The number of nitrogens with two attached hydrogens (primary N) is 1. The predicted octanol–water partition coefficient (Wildman–Crippen LogP) is 5.49. The minimum Gasteiger partial charge on any atom is -0.323 e. The summed E-state index contributed by atoms with van der Waals surface area (Å²) in [4.78, 5) is 0. The Labute approximate surface area is 159 Å². The maximum absolute atomic E-state index is 6.42. The van der Waals surface area contributed by atoms with Gasteiger partial charge in [-0.05, 0) is 29.7 Å². The van der Waals surface area contributed by atoms with E-state index in [1.165, 1.54) is 5.56 Å². The van der Waals surface area contributed by atoms with E-state index < -0.39 is 0 Å². The second kappa shape index (κ2) is 8.07. The summed E-state index contributed by atoms with van der Waals surface area (Å²) < 4.78 is 0.678. The lowest BCUT2D eigenvalue weighted by Gasteiger charge is -2.33. The number of hydrogen-bond donors (Lipinski definition) is 1. The lowest BCUT2D eigenvalue weighted by molar-refractivity contribution is -0.905. The van der Waals surface area contributed by atoms with Crippen LogP contribution in [0.1, 0.15) is 29.7 Å². The van der Waals surface area contributed by atoms with Crippen molar-refractivity contribution in [3.8, 4) is 0 Å². The number of halogens is 3. The van der Waals surface area contributed by atoms with Gasteiger partial charge in [0.2, 0.25) is 0 Å². The van der Waals surface area contributed by atoms with Crippen molar-refractivity contribution in [2.45, 2.75) is 25.9 Å². The summed E-state index contributed by atoms with van der Waals surface area (Å²) in [6.45, 7) is 3.62. The third-order valence-corrected chi connectivity index (χ3v) is 5.09. The van der Waals surface area contributed by atoms with Crippen LogP contribution >= 0.6 is 34.8 Å². The molecule has 0 aliphatic rings. The molecule has 130 valence electrons. The van der Waals surface area contributed by atoms with Crippen LogP contribution in [-0.2, 0) is 13.0 Å². The minimum absolute atomic E-state index is 0.0456. The molecule has 0 saturated heterocycles. The minimum atomic E-state index is -0.0456. The molecule has 0 aromatic heterocycles. The molecule has 1 atom stereocenters. The summed E-state index contributed by atoms with van der Waals surface area (Å²) in [6, 6.07) is 11.9. The highest BCUT2D eigenvalue weighted by Gasteiger charge is 2.24. The van der Waals surface area contributed by atoms with Gasteiger partial charge in [-0.15, -0.1) is 0 Å². The molecule has 2 nitrogen and oxygen atoms in total. The van der Waals surface area contributed by atoms with Gasteiger partial charge in [-0.3, -0.25) is 0 Å². The second-order valence-corrected chi connectivity index (χ2v) is 8.08. The molecule has 0 fully saturated rings. The van der Waals surface area contributed by atoms with Crippen LogP contribution in [0.2, 0.25) is 15.1 Å². The van der Waals surface area contributed by atoms with Crippen molar-refractivity contribution in [1.29, 1.82) is 0 Å². The topological polar surface area (TPSA) is 26.0 Å². The van der Waals surface area contributed by atoms with Crippen molar-refractivity contribution in [1.82, 2.24) is 0 Å². The summed E-state index contributed by atoms with van der Waals surface area (Å²) in [7, 11) is 4.25. The van der Waals surface area contributed by atoms with Crippen molar-refractivity contribution in [3.05, 3.63) is 68.2 Å². The molecule has 24 heavy (non-hydrogen) atoms. The highest BCUT2D eigenvalue weighted by atomic mass is 35.5. The number of nitrogens with zero attached hydrogens (tertiary/aromatic N) is 1. The zero-order valence-electron chi connectivity index (χ0n) is 14.3. The van der Waals surface area contributed by atoms with Crippen molar-refractivity contribution < 1.29 is 4.48 Å². The first-order valence-electron chi connectivity index (χ1n) is 8.01. The Morgan fingerprint density at radius 3 is 2.04 bits per heavy atom. The SMILES string of the molecule is CCc1ccc(C(N)C[N+](C)(C)Cc2c(Cl)cc(Cl)cc2Cl)cc1. The van der Waals surface area contributed by atoms with Gasteiger partial charge < -0.3 is 10.2 Å². The Balaban J connectivity index is 2.12. The lowest BCUT2D eigenvalue weighted by atomic mass is 10.0. The average Bonchev–Trinajstić information content (AvgIpc) is 2.50. The first-order chi connectivity index (χ1) is 11.2. The first-order valence-corrected chi connectivity index (χ1v) is 9.15. The third-order valence-electron chi connectivity index (χ3n) is 4.20. The Morgan fingerprint density at radius 1 is 1.00 bits per heavy atom. The molecule has 0 amide bonds. The zero-order valence-corrected chi connectivity index (χ0v) is 16.6. The van der Waals surface area contributed by atoms with E-state index in [9.17, 15) is 0 Å². The van der Waals surface area contributed by atoms with Gasteiger partial charge in [-0.2, -0.15) is 0 Å².